The number of nitrogens with one attached hydrogen (secondary N) is 2. The Morgan fingerprint density at radius 1 is 1.17 bits per heavy atom. The zero-order valence-corrected chi connectivity index (χ0v) is 13.0. The summed E-state index contributed by atoms with van der Waals surface area (Å²) in [5, 5.41) is 11.7. The average Bonchev–Trinajstić information content (AvgIpc) is 2.98. The number of amides is 1. The van der Waals surface area contributed by atoms with Crippen LogP contribution < -0.4 is 5.32 Å². The normalized spacial score (nSPS) is 15.3. The van der Waals surface area contributed by atoms with E-state index < -0.39 is 4.75 Å². The van der Waals surface area contributed by atoms with Crippen molar-refractivity contribution in [2.75, 3.05) is 5.32 Å². The third-order valence-corrected chi connectivity index (χ3v) is 5.02. The van der Waals surface area contributed by atoms with Gasteiger partial charge in [-0.05, 0) is 37.1 Å². The van der Waals surface area contributed by atoms with E-state index in [4.69, 9.17) is 4.42 Å². The minimum absolute atomic E-state index is 0.00430. The number of furan rings is 1. The molecule has 2 heterocycles. The second-order valence-electron chi connectivity index (χ2n) is 5.37. The number of para-hydroxylation sites is 1. The van der Waals surface area contributed by atoms with Crippen molar-refractivity contribution in [3.05, 3.63) is 48.7 Å². The van der Waals surface area contributed by atoms with Crippen molar-refractivity contribution in [1.82, 2.24) is 15.2 Å². The molecule has 1 aliphatic carbocycles. The van der Waals surface area contributed by atoms with E-state index in [0.29, 0.717) is 16.7 Å². The van der Waals surface area contributed by atoms with Crippen molar-refractivity contribution in [3.8, 4) is 11.6 Å². The molecule has 1 amide bonds. The highest BCUT2D eigenvalue weighted by Crippen LogP contribution is 2.51. The molecule has 0 radical (unpaired) electrons. The summed E-state index contributed by atoms with van der Waals surface area (Å²) >= 11 is 1.42. The maximum atomic E-state index is 12.5. The number of thioether (sulfide) groups is 1. The monoisotopic (exact) mass is 326 g/mol. The lowest BCUT2D eigenvalue weighted by molar-refractivity contribution is -0.116. The van der Waals surface area contributed by atoms with E-state index in [1.807, 2.05) is 36.4 Å². The Labute approximate surface area is 136 Å². The Morgan fingerprint density at radius 3 is 2.70 bits per heavy atom. The topological polar surface area (TPSA) is 83.8 Å². The van der Waals surface area contributed by atoms with Gasteiger partial charge in [0.2, 0.25) is 5.91 Å². The van der Waals surface area contributed by atoms with E-state index in [2.05, 4.69) is 20.5 Å². The van der Waals surface area contributed by atoms with E-state index in [9.17, 15) is 4.79 Å². The fourth-order valence-electron chi connectivity index (χ4n) is 2.26. The van der Waals surface area contributed by atoms with Crippen LogP contribution in [0.25, 0.3) is 11.6 Å². The first-order valence-electron chi connectivity index (χ1n) is 7.27. The number of rotatable bonds is 5. The Balaban J connectivity index is 1.47. The van der Waals surface area contributed by atoms with Gasteiger partial charge in [-0.3, -0.25) is 4.79 Å². The summed E-state index contributed by atoms with van der Waals surface area (Å²) in [4.78, 5) is 15.6. The Hall–Kier alpha value is -2.54. The van der Waals surface area contributed by atoms with Crippen LogP contribution in [0.1, 0.15) is 12.8 Å². The molecule has 7 heteroatoms. The van der Waals surface area contributed by atoms with E-state index in [-0.39, 0.29) is 5.91 Å². The number of carbonyl (C=O) groups excluding carboxylic acids is 1. The molecule has 1 saturated carbocycles. The fraction of sp³-hybridized carbons (Fsp3) is 0.188. The van der Waals surface area contributed by atoms with E-state index in [0.717, 1.165) is 18.5 Å². The van der Waals surface area contributed by atoms with Gasteiger partial charge < -0.3 is 14.7 Å². The van der Waals surface area contributed by atoms with E-state index >= 15 is 0 Å². The molecule has 1 aromatic carbocycles. The Morgan fingerprint density at radius 2 is 2.00 bits per heavy atom. The molecule has 116 valence electrons. The molecule has 3 aromatic rings. The summed E-state index contributed by atoms with van der Waals surface area (Å²) in [7, 11) is 0. The smallest absolute Gasteiger partial charge is 0.241 e. The van der Waals surface area contributed by atoms with Crippen LogP contribution in [0.4, 0.5) is 5.69 Å². The van der Waals surface area contributed by atoms with Gasteiger partial charge >= 0.3 is 0 Å². The molecule has 6 nitrogen and oxygen atoms in total. The van der Waals surface area contributed by atoms with Gasteiger partial charge in [0.1, 0.15) is 4.75 Å². The Bertz CT molecular complexity index is 810. The molecule has 1 aliphatic rings. The van der Waals surface area contributed by atoms with E-state index in [1.165, 1.54) is 11.8 Å². The summed E-state index contributed by atoms with van der Waals surface area (Å²) in [6.07, 6.45) is 3.24. The number of benzene rings is 1. The van der Waals surface area contributed by atoms with Crippen LogP contribution >= 0.6 is 11.8 Å². The zero-order chi connectivity index (χ0) is 15.7. The first kappa shape index (κ1) is 14.1. The molecule has 0 saturated heterocycles. The van der Waals surface area contributed by atoms with Crippen LogP contribution in [-0.4, -0.2) is 25.8 Å². The van der Waals surface area contributed by atoms with Gasteiger partial charge in [0, 0.05) is 5.69 Å². The Kier molecular flexibility index (Phi) is 3.42. The van der Waals surface area contributed by atoms with Crippen LogP contribution in [0.15, 0.2) is 58.3 Å². The summed E-state index contributed by atoms with van der Waals surface area (Å²) in [5.41, 5.74) is 0.804. The highest BCUT2D eigenvalue weighted by molar-refractivity contribution is 8.01. The SMILES string of the molecule is O=C(Nc1ccccc1)C1(Sc2nnc(-c3ccco3)[nH]2)CC1. The van der Waals surface area contributed by atoms with Crippen LogP contribution in [-0.2, 0) is 4.79 Å². The fourth-order valence-corrected chi connectivity index (χ4v) is 3.31. The lowest BCUT2D eigenvalue weighted by Gasteiger charge is -2.13. The molecule has 0 unspecified atom stereocenters. The summed E-state index contributed by atoms with van der Waals surface area (Å²) < 4.78 is 4.82. The number of H-pyrrole nitrogens is 1. The van der Waals surface area contributed by atoms with Crippen molar-refractivity contribution in [2.45, 2.75) is 22.7 Å². The third-order valence-electron chi connectivity index (χ3n) is 3.66. The number of aromatic nitrogens is 3. The van der Waals surface area contributed by atoms with Crippen LogP contribution in [0.2, 0.25) is 0 Å². The average molecular weight is 326 g/mol. The molecule has 2 N–H and O–H groups in total. The minimum Gasteiger partial charge on any atom is -0.461 e. The highest BCUT2D eigenvalue weighted by Gasteiger charge is 2.51. The van der Waals surface area contributed by atoms with E-state index in [1.54, 1.807) is 12.3 Å². The van der Waals surface area contributed by atoms with Gasteiger partial charge in [-0.1, -0.05) is 30.0 Å². The van der Waals surface area contributed by atoms with Crippen molar-refractivity contribution in [2.24, 2.45) is 0 Å². The van der Waals surface area contributed by atoms with Crippen molar-refractivity contribution < 1.29 is 9.21 Å². The van der Waals surface area contributed by atoms with Crippen molar-refractivity contribution >= 4 is 23.4 Å². The lowest BCUT2D eigenvalue weighted by atomic mass is 10.3. The molecule has 0 bridgehead atoms. The van der Waals surface area contributed by atoms with Gasteiger partial charge in [0.05, 0.1) is 6.26 Å². The highest BCUT2D eigenvalue weighted by atomic mass is 32.2. The van der Waals surface area contributed by atoms with Crippen LogP contribution in [0.5, 0.6) is 0 Å². The molecule has 23 heavy (non-hydrogen) atoms. The number of hydrogen-bond donors (Lipinski definition) is 2. The van der Waals surface area contributed by atoms with Crippen molar-refractivity contribution in [3.63, 3.8) is 0 Å². The van der Waals surface area contributed by atoms with Crippen LogP contribution in [0.3, 0.4) is 0 Å². The molecular weight excluding hydrogens is 312 g/mol. The molecule has 0 spiro atoms. The maximum absolute atomic E-state index is 12.5. The minimum atomic E-state index is -0.462. The van der Waals surface area contributed by atoms with Gasteiger partial charge in [0.25, 0.3) is 0 Å². The number of carbonyl (C=O) groups is 1. The molecule has 2 aromatic heterocycles. The van der Waals surface area contributed by atoms with Crippen molar-refractivity contribution in [1.29, 1.82) is 0 Å². The summed E-state index contributed by atoms with van der Waals surface area (Å²) in [6, 6.07) is 13.1. The first-order chi connectivity index (χ1) is 11.3. The summed E-state index contributed by atoms with van der Waals surface area (Å²) in [6.45, 7) is 0. The van der Waals surface area contributed by atoms with Crippen LogP contribution in [0, 0.1) is 0 Å². The second kappa shape index (κ2) is 5.58. The summed E-state index contributed by atoms with van der Waals surface area (Å²) in [5.74, 6) is 1.20. The largest absolute Gasteiger partial charge is 0.461 e. The van der Waals surface area contributed by atoms with Gasteiger partial charge in [0.15, 0.2) is 16.7 Å². The zero-order valence-electron chi connectivity index (χ0n) is 12.2. The van der Waals surface area contributed by atoms with Gasteiger partial charge in [-0.2, -0.15) is 0 Å². The molecule has 4 rings (SSSR count). The van der Waals surface area contributed by atoms with Gasteiger partial charge in [-0.15, -0.1) is 10.2 Å². The number of aromatic amines is 1. The standard InChI is InChI=1S/C16H14N4O2S/c21-14(17-11-5-2-1-3-6-11)16(8-9-16)23-15-18-13(19-20-15)12-7-4-10-22-12/h1-7,10H,8-9H2,(H,17,21)(H,18,19,20). The number of anilines is 1. The molecular formula is C16H14N4O2S. The number of hydrogen-bond acceptors (Lipinski definition) is 5. The number of nitrogens with zero attached hydrogens (tertiary/aromatic N) is 2. The predicted molar refractivity (Wildman–Crippen MR) is 87.0 cm³/mol. The third kappa shape index (κ3) is 2.87. The predicted octanol–water partition coefficient (Wildman–Crippen LogP) is 3.33. The van der Waals surface area contributed by atoms with Gasteiger partial charge in [-0.25, -0.2) is 0 Å². The maximum Gasteiger partial charge on any atom is 0.241 e. The molecule has 0 atom stereocenters. The second-order valence-corrected chi connectivity index (χ2v) is 6.74. The lowest BCUT2D eigenvalue weighted by Crippen LogP contribution is -2.26. The quantitative estimate of drug-likeness (QED) is 0.751. The first-order valence-corrected chi connectivity index (χ1v) is 8.09. The molecule has 1 fully saturated rings. The molecule has 0 aliphatic heterocycles.